The maximum Gasteiger partial charge on any atom is 0.223 e. The predicted molar refractivity (Wildman–Crippen MR) is 71.4 cm³/mol. The van der Waals surface area contributed by atoms with Crippen LogP contribution in [0.5, 0.6) is 0 Å². The summed E-state index contributed by atoms with van der Waals surface area (Å²) >= 11 is 5.82. The standard InChI is InChI=1S/C14H18ClNO2/c1-2-7-16-9-11(8-13(16)17)14(18)10-3-5-12(15)6-4-10/h3-6,11,14,18H,2,7-9H2,1H3. The molecular formula is C14H18ClNO2. The van der Waals surface area contributed by atoms with Gasteiger partial charge in [-0.2, -0.15) is 0 Å². The zero-order valence-corrected chi connectivity index (χ0v) is 11.2. The zero-order chi connectivity index (χ0) is 13.1. The van der Waals surface area contributed by atoms with Gasteiger partial charge in [0.25, 0.3) is 0 Å². The molecule has 1 aromatic rings. The van der Waals surface area contributed by atoms with Gasteiger partial charge < -0.3 is 10.0 Å². The number of carbonyl (C=O) groups is 1. The molecule has 2 atom stereocenters. The molecule has 1 saturated heterocycles. The first-order valence-electron chi connectivity index (χ1n) is 6.33. The summed E-state index contributed by atoms with van der Waals surface area (Å²) in [7, 11) is 0. The second-order valence-electron chi connectivity index (χ2n) is 4.80. The molecule has 1 aliphatic heterocycles. The number of benzene rings is 1. The molecule has 4 heteroatoms. The van der Waals surface area contributed by atoms with Crippen molar-refractivity contribution in [3.63, 3.8) is 0 Å². The predicted octanol–water partition coefficient (Wildman–Crippen LogP) is 2.63. The van der Waals surface area contributed by atoms with Crippen LogP contribution in [-0.4, -0.2) is 29.0 Å². The van der Waals surface area contributed by atoms with E-state index in [9.17, 15) is 9.90 Å². The number of likely N-dealkylation sites (tertiary alicyclic amines) is 1. The third-order valence-electron chi connectivity index (χ3n) is 3.40. The number of aliphatic hydroxyl groups excluding tert-OH is 1. The van der Waals surface area contributed by atoms with E-state index in [0.29, 0.717) is 18.0 Å². The highest BCUT2D eigenvalue weighted by atomic mass is 35.5. The number of rotatable bonds is 4. The molecule has 1 fully saturated rings. The van der Waals surface area contributed by atoms with Gasteiger partial charge in [0.05, 0.1) is 6.10 Å². The lowest BCUT2D eigenvalue weighted by atomic mass is 9.95. The summed E-state index contributed by atoms with van der Waals surface area (Å²) in [6, 6.07) is 7.17. The average molecular weight is 268 g/mol. The Morgan fingerprint density at radius 2 is 2.11 bits per heavy atom. The van der Waals surface area contributed by atoms with Gasteiger partial charge in [-0.05, 0) is 24.1 Å². The van der Waals surface area contributed by atoms with Crippen molar-refractivity contribution in [3.05, 3.63) is 34.9 Å². The minimum absolute atomic E-state index is 0.00905. The van der Waals surface area contributed by atoms with E-state index in [-0.39, 0.29) is 11.8 Å². The lowest BCUT2D eigenvalue weighted by Gasteiger charge is -2.19. The van der Waals surface area contributed by atoms with Crippen LogP contribution >= 0.6 is 11.6 Å². The molecule has 0 radical (unpaired) electrons. The summed E-state index contributed by atoms with van der Waals surface area (Å²) in [5.41, 5.74) is 0.829. The van der Waals surface area contributed by atoms with Gasteiger partial charge in [-0.15, -0.1) is 0 Å². The Hall–Kier alpha value is -1.06. The van der Waals surface area contributed by atoms with E-state index in [2.05, 4.69) is 6.92 Å². The number of aliphatic hydroxyl groups is 1. The summed E-state index contributed by atoms with van der Waals surface area (Å²) < 4.78 is 0. The van der Waals surface area contributed by atoms with Gasteiger partial charge in [-0.25, -0.2) is 0 Å². The van der Waals surface area contributed by atoms with Crippen molar-refractivity contribution in [2.24, 2.45) is 5.92 Å². The zero-order valence-electron chi connectivity index (χ0n) is 10.5. The van der Waals surface area contributed by atoms with Crippen LogP contribution in [0.2, 0.25) is 5.02 Å². The van der Waals surface area contributed by atoms with Crippen LogP contribution in [-0.2, 0) is 4.79 Å². The van der Waals surface area contributed by atoms with Gasteiger partial charge in [0.1, 0.15) is 0 Å². The Labute approximate surface area is 112 Å². The molecule has 1 amide bonds. The van der Waals surface area contributed by atoms with Crippen LogP contribution in [0.1, 0.15) is 31.4 Å². The van der Waals surface area contributed by atoms with Crippen molar-refractivity contribution in [3.8, 4) is 0 Å². The molecule has 3 nitrogen and oxygen atoms in total. The number of hydrogen-bond acceptors (Lipinski definition) is 2. The van der Waals surface area contributed by atoms with E-state index in [1.807, 2.05) is 17.0 Å². The van der Waals surface area contributed by atoms with Crippen LogP contribution in [0.15, 0.2) is 24.3 Å². The highest BCUT2D eigenvalue weighted by Crippen LogP contribution is 2.31. The summed E-state index contributed by atoms with van der Waals surface area (Å²) in [5.74, 6) is 0.139. The van der Waals surface area contributed by atoms with Crippen molar-refractivity contribution in [1.29, 1.82) is 0 Å². The van der Waals surface area contributed by atoms with E-state index < -0.39 is 6.10 Å². The third kappa shape index (κ3) is 2.85. The maximum atomic E-state index is 11.8. The first kappa shape index (κ1) is 13.4. The largest absolute Gasteiger partial charge is 0.388 e. The van der Waals surface area contributed by atoms with Crippen LogP contribution < -0.4 is 0 Å². The molecule has 0 spiro atoms. The molecule has 18 heavy (non-hydrogen) atoms. The van der Waals surface area contributed by atoms with Crippen molar-refractivity contribution >= 4 is 17.5 Å². The van der Waals surface area contributed by atoms with E-state index in [1.54, 1.807) is 12.1 Å². The second-order valence-corrected chi connectivity index (χ2v) is 5.24. The minimum Gasteiger partial charge on any atom is -0.388 e. The van der Waals surface area contributed by atoms with E-state index in [1.165, 1.54) is 0 Å². The van der Waals surface area contributed by atoms with Gasteiger partial charge in [0, 0.05) is 30.5 Å². The molecule has 0 aliphatic carbocycles. The number of nitrogens with zero attached hydrogens (tertiary/aromatic N) is 1. The van der Waals surface area contributed by atoms with Crippen molar-refractivity contribution in [2.45, 2.75) is 25.9 Å². The highest BCUT2D eigenvalue weighted by molar-refractivity contribution is 6.30. The fraction of sp³-hybridized carbons (Fsp3) is 0.500. The summed E-state index contributed by atoms with van der Waals surface area (Å²) in [6.45, 7) is 3.48. The SMILES string of the molecule is CCCN1CC(C(O)c2ccc(Cl)cc2)CC1=O. The molecule has 1 aliphatic rings. The Bertz CT molecular complexity index is 418. The molecular weight excluding hydrogens is 250 g/mol. The summed E-state index contributed by atoms with van der Waals surface area (Å²) in [4.78, 5) is 13.6. The Kier molecular flexibility index (Phi) is 4.25. The third-order valence-corrected chi connectivity index (χ3v) is 3.65. The second kappa shape index (κ2) is 5.72. The monoisotopic (exact) mass is 267 g/mol. The number of amides is 1. The fourth-order valence-corrected chi connectivity index (χ4v) is 2.56. The fourth-order valence-electron chi connectivity index (χ4n) is 2.43. The first-order valence-corrected chi connectivity index (χ1v) is 6.71. The van der Waals surface area contributed by atoms with Crippen LogP contribution in [0, 0.1) is 5.92 Å². The summed E-state index contributed by atoms with van der Waals surface area (Å²) in [5, 5.41) is 10.9. The van der Waals surface area contributed by atoms with E-state index in [4.69, 9.17) is 11.6 Å². The van der Waals surface area contributed by atoms with E-state index in [0.717, 1.165) is 18.5 Å². The van der Waals surface area contributed by atoms with Gasteiger partial charge in [-0.3, -0.25) is 4.79 Å². The van der Waals surface area contributed by atoms with E-state index >= 15 is 0 Å². The Morgan fingerprint density at radius 1 is 1.44 bits per heavy atom. The highest BCUT2D eigenvalue weighted by Gasteiger charge is 2.34. The van der Waals surface area contributed by atoms with Crippen molar-refractivity contribution in [2.75, 3.05) is 13.1 Å². The number of hydrogen-bond donors (Lipinski definition) is 1. The maximum absolute atomic E-state index is 11.8. The van der Waals surface area contributed by atoms with Crippen molar-refractivity contribution in [1.82, 2.24) is 4.90 Å². The molecule has 2 unspecified atom stereocenters. The Morgan fingerprint density at radius 3 is 2.72 bits per heavy atom. The lowest BCUT2D eigenvalue weighted by Crippen LogP contribution is -2.26. The smallest absolute Gasteiger partial charge is 0.223 e. The molecule has 98 valence electrons. The van der Waals surface area contributed by atoms with Crippen LogP contribution in [0.4, 0.5) is 0 Å². The molecule has 0 saturated carbocycles. The van der Waals surface area contributed by atoms with Gasteiger partial charge in [-0.1, -0.05) is 30.7 Å². The topological polar surface area (TPSA) is 40.5 Å². The number of halogens is 1. The molecule has 2 rings (SSSR count). The molecule has 0 aromatic heterocycles. The molecule has 1 aromatic carbocycles. The van der Waals surface area contributed by atoms with Gasteiger partial charge >= 0.3 is 0 Å². The average Bonchev–Trinajstić information content (AvgIpc) is 2.72. The quantitative estimate of drug-likeness (QED) is 0.911. The summed E-state index contributed by atoms with van der Waals surface area (Å²) in [6.07, 6.45) is 0.798. The molecule has 1 heterocycles. The van der Waals surface area contributed by atoms with Gasteiger partial charge in [0.2, 0.25) is 5.91 Å². The minimum atomic E-state index is -0.590. The van der Waals surface area contributed by atoms with Gasteiger partial charge in [0.15, 0.2) is 0 Å². The Balaban J connectivity index is 2.04. The normalized spacial score (nSPS) is 21.4. The van der Waals surface area contributed by atoms with Crippen LogP contribution in [0.3, 0.4) is 0 Å². The lowest BCUT2D eigenvalue weighted by molar-refractivity contribution is -0.127. The van der Waals surface area contributed by atoms with Crippen LogP contribution in [0.25, 0.3) is 0 Å². The molecule has 1 N–H and O–H groups in total. The number of carbonyl (C=O) groups excluding carboxylic acids is 1. The first-order chi connectivity index (χ1) is 8.61. The molecule has 0 bridgehead atoms. The van der Waals surface area contributed by atoms with Crippen molar-refractivity contribution < 1.29 is 9.90 Å².